The molecule has 118 valence electrons. The van der Waals surface area contributed by atoms with Crippen LogP contribution in [0.2, 0.25) is 0 Å². The van der Waals surface area contributed by atoms with Crippen molar-refractivity contribution in [2.24, 2.45) is 0 Å². The van der Waals surface area contributed by atoms with Gasteiger partial charge in [0.15, 0.2) is 0 Å². The standard InChI is InChI=1S/C14H20N6O2/c1-10(2)19-14-17-7-11(8-18-14)13(22)20(5-6-21)9-12-15-3-4-16-12/h3-4,7-8,10,21H,5-6,9H2,1-2H3,(H,15,16)(H,17,18,19). The number of amides is 1. The Morgan fingerprint density at radius 1 is 1.36 bits per heavy atom. The van der Waals surface area contributed by atoms with Crippen LogP contribution in [0.15, 0.2) is 24.8 Å². The van der Waals surface area contributed by atoms with Crippen LogP contribution in [0, 0.1) is 0 Å². The van der Waals surface area contributed by atoms with Crippen LogP contribution in [-0.2, 0) is 6.54 Å². The Hall–Kier alpha value is -2.48. The Balaban J connectivity index is 2.09. The second-order valence-corrected chi connectivity index (χ2v) is 5.08. The molecule has 0 unspecified atom stereocenters. The quantitative estimate of drug-likeness (QED) is 0.693. The van der Waals surface area contributed by atoms with E-state index in [9.17, 15) is 4.79 Å². The molecule has 0 aliphatic rings. The van der Waals surface area contributed by atoms with E-state index in [-0.39, 0.29) is 25.1 Å². The zero-order valence-corrected chi connectivity index (χ0v) is 12.7. The Bertz CT molecular complexity index is 582. The molecule has 1 amide bonds. The average molecular weight is 304 g/mol. The van der Waals surface area contributed by atoms with Crippen molar-refractivity contribution >= 4 is 11.9 Å². The molecule has 0 aliphatic carbocycles. The molecule has 0 spiro atoms. The summed E-state index contributed by atoms with van der Waals surface area (Å²) in [4.78, 5) is 29.2. The van der Waals surface area contributed by atoms with Crippen molar-refractivity contribution in [1.82, 2.24) is 24.8 Å². The third-order valence-corrected chi connectivity index (χ3v) is 2.87. The van der Waals surface area contributed by atoms with Gasteiger partial charge in [0.25, 0.3) is 5.91 Å². The smallest absolute Gasteiger partial charge is 0.257 e. The second-order valence-electron chi connectivity index (χ2n) is 5.08. The molecule has 0 radical (unpaired) electrons. The fourth-order valence-corrected chi connectivity index (χ4v) is 1.89. The van der Waals surface area contributed by atoms with Gasteiger partial charge in [0.05, 0.1) is 18.7 Å². The summed E-state index contributed by atoms with van der Waals surface area (Å²) in [6.07, 6.45) is 6.26. The number of anilines is 1. The van der Waals surface area contributed by atoms with E-state index in [1.165, 1.54) is 17.3 Å². The summed E-state index contributed by atoms with van der Waals surface area (Å²) < 4.78 is 0. The molecule has 2 aromatic heterocycles. The minimum absolute atomic E-state index is 0.125. The first-order valence-corrected chi connectivity index (χ1v) is 7.07. The molecule has 2 aromatic rings. The molecule has 22 heavy (non-hydrogen) atoms. The fraction of sp³-hybridized carbons (Fsp3) is 0.429. The zero-order valence-electron chi connectivity index (χ0n) is 12.7. The number of rotatable bonds is 7. The number of nitrogens with one attached hydrogen (secondary N) is 2. The number of aromatic amines is 1. The summed E-state index contributed by atoms with van der Waals surface area (Å²) in [5, 5.41) is 12.2. The maximum Gasteiger partial charge on any atom is 0.257 e. The first-order valence-electron chi connectivity index (χ1n) is 7.07. The van der Waals surface area contributed by atoms with Crippen molar-refractivity contribution in [2.45, 2.75) is 26.4 Å². The fourth-order valence-electron chi connectivity index (χ4n) is 1.89. The van der Waals surface area contributed by atoms with Crippen LogP contribution < -0.4 is 5.32 Å². The number of aliphatic hydroxyl groups is 1. The lowest BCUT2D eigenvalue weighted by Gasteiger charge is -2.20. The molecule has 0 fully saturated rings. The van der Waals surface area contributed by atoms with E-state index in [2.05, 4.69) is 25.3 Å². The first kappa shape index (κ1) is 15.9. The Labute approximate surface area is 128 Å². The SMILES string of the molecule is CC(C)Nc1ncc(C(=O)N(CCO)Cc2ncc[nH]2)cn1. The van der Waals surface area contributed by atoms with Crippen molar-refractivity contribution in [2.75, 3.05) is 18.5 Å². The Kier molecular flexibility index (Phi) is 5.42. The van der Waals surface area contributed by atoms with Crippen LogP contribution in [0.4, 0.5) is 5.95 Å². The molecule has 0 aromatic carbocycles. The molecule has 0 saturated heterocycles. The maximum atomic E-state index is 12.5. The molecule has 0 aliphatic heterocycles. The number of carbonyl (C=O) groups is 1. The van der Waals surface area contributed by atoms with Gasteiger partial charge in [-0.25, -0.2) is 15.0 Å². The lowest BCUT2D eigenvalue weighted by atomic mass is 10.3. The summed E-state index contributed by atoms with van der Waals surface area (Å²) in [5.41, 5.74) is 0.370. The van der Waals surface area contributed by atoms with E-state index in [1.54, 1.807) is 12.4 Å². The summed E-state index contributed by atoms with van der Waals surface area (Å²) in [5.74, 6) is 0.883. The van der Waals surface area contributed by atoms with Gasteiger partial charge in [0.1, 0.15) is 5.82 Å². The maximum absolute atomic E-state index is 12.5. The zero-order chi connectivity index (χ0) is 15.9. The number of aliphatic hydroxyl groups excluding tert-OH is 1. The van der Waals surface area contributed by atoms with Crippen LogP contribution in [-0.4, -0.2) is 55.0 Å². The molecule has 0 bridgehead atoms. The highest BCUT2D eigenvalue weighted by atomic mass is 16.3. The largest absolute Gasteiger partial charge is 0.395 e. The number of aromatic nitrogens is 4. The Morgan fingerprint density at radius 3 is 2.64 bits per heavy atom. The number of hydrogen-bond acceptors (Lipinski definition) is 6. The van der Waals surface area contributed by atoms with E-state index in [0.717, 1.165) is 0 Å². The van der Waals surface area contributed by atoms with Crippen molar-refractivity contribution in [3.05, 3.63) is 36.2 Å². The van der Waals surface area contributed by atoms with E-state index in [4.69, 9.17) is 5.11 Å². The lowest BCUT2D eigenvalue weighted by Crippen LogP contribution is -2.33. The molecular formula is C14H20N6O2. The van der Waals surface area contributed by atoms with Crippen molar-refractivity contribution in [3.8, 4) is 0 Å². The Morgan fingerprint density at radius 2 is 2.09 bits per heavy atom. The normalized spacial score (nSPS) is 10.7. The van der Waals surface area contributed by atoms with Crippen LogP contribution >= 0.6 is 0 Å². The highest BCUT2D eigenvalue weighted by molar-refractivity contribution is 5.93. The van der Waals surface area contributed by atoms with Gasteiger partial charge in [-0.05, 0) is 13.8 Å². The van der Waals surface area contributed by atoms with Gasteiger partial charge in [-0.2, -0.15) is 0 Å². The van der Waals surface area contributed by atoms with E-state index in [1.807, 2.05) is 13.8 Å². The van der Waals surface area contributed by atoms with Crippen LogP contribution in [0.25, 0.3) is 0 Å². The van der Waals surface area contributed by atoms with Gasteiger partial charge < -0.3 is 20.3 Å². The van der Waals surface area contributed by atoms with Gasteiger partial charge in [0, 0.05) is 37.4 Å². The predicted octanol–water partition coefficient (Wildman–Crippen LogP) is 0.655. The third-order valence-electron chi connectivity index (χ3n) is 2.87. The molecular weight excluding hydrogens is 284 g/mol. The van der Waals surface area contributed by atoms with Gasteiger partial charge >= 0.3 is 0 Å². The monoisotopic (exact) mass is 304 g/mol. The third kappa shape index (κ3) is 4.26. The second kappa shape index (κ2) is 7.51. The first-order chi connectivity index (χ1) is 10.6. The number of hydrogen-bond donors (Lipinski definition) is 3. The van der Waals surface area contributed by atoms with E-state index in [0.29, 0.717) is 23.9 Å². The minimum atomic E-state index is -0.249. The number of imidazole rings is 1. The van der Waals surface area contributed by atoms with Crippen molar-refractivity contribution < 1.29 is 9.90 Å². The lowest BCUT2D eigenvalue weighted by molar-refractivity contribution is 0.0702. The number of carbonyl (C=O) groups excluding carboxylic acids is 1. The molecule has 8 heteroatoms. The van der Waals surface area contributed by atoms with Crippen molar-refractivity contribution in [1.29, 1.82) is 0 Å². The summed E-state index contributed by atoms with van der Waals surface area (Å²) in [7, 11) is 0. The number of nitrogens with zero attached hydrogens (tertiary/aromatic N) is 4. The van der Waals surface area contributed by atoms with E-state index < -0.39 is 0 Å². The van der Waals surface area contributed by atoms with Crippen LogP contribution in [0.1, 0.15) is 30.0 Å². The highest BCUT2D eigenvalue weighted by Gasteiger charge is 2.17. The molecule has 0 saturated carbocycles. The highest BCUT2D eigenvalue weighted by Crippen LogP contribution is 2.08. The molecule has 8 nitrogen and oxygen atoms in total. The van der Waals surface area contributed by atoms with Gasteiger partial charge in [-0.15, -0.1) is 0 Å². The molecule has 2 rings (SSSR count). The molecule has 3 N–H and O–H groups in total. The van der Waals surface area contributed by atoms with Crippen molar-refractivity contribution in [3.63, 3.8) is 0 Å². The minimum Gasteiger partial charge on any atom is -0.395 e. The van der Waals surface area contributed by atoms with Crippen LogP contribution in [0.3, 0.4) is 0 Å². The summed E-state index contributed by atoms with van der Waals surface area (Å²) >= 11 is 0. The van der Waals surface area contributed by atoms with E-state index >= 15 is 0 Å². The van der Waals surface area contributed by atoms with Gasteiger partial charge in [0.2, 0.25) is 5.95 Å². The van der Waals surface area contributed by atoms with Gasteiger partial charge in [-0.1, -0.05) is 0 Å². The molecule has 0 atom stereocenters. The summed E-state index contributed by atoms with van der Waals surface area (Å²) in [6.45, 7) is 4.34. The van der Waals surface area contributed by atoms with Gasteiger partial charge in [-0.3, -0.25) is 4.79 Å². The van der Waals surface area contributed by atoms with Crippen LogP contribution in [0.5, 0.6) is 0 Å². The predicted molar refractivity (Wildman–Crippen MR) is 81.2 cm³/mol. The molecule has 2 heterocycles. The summed E-state index contributed by atoms with van der Waals surface area (Å²) in [6, 6.07) is 0.214. The topological polar surface area (TPSA) is 107 Å². The average Bonchev–Trinajstić information content (AvgIpc) is 2.99. The number of H-pyrrole nitrogens is 1.